The van der Waals surface area contributed by atoms with Gasteiger partial charge in [-0.1, -0.05) is 6.07 Å². The summed E-state index contributed by atoms with van der Waals surface area (Å²) in [5.74, 6) is 0.00764. The van der Waals surface area contributed by atoms with Crippen molar-refractivity contribution in [1.82, 2.24) is 9.88 Å². The Labute approximate surface area is 95.5 Å². The first kappa shape index (κ1) is 11.1. The fourth-order valence-corrected chi connectivity index (χ4v) is 2.05. The van der Waals surface area contributed by atoms with Crippen LogP contribution in [0.4, 0.5) is 0 Å². The smallest absolute Gasteiger partial charge is 0.272 e. The summed E-state index contributed by atoms with van der Waals surface area (Å²) >= 11 is 0. The Morgan fingerprint density at radius 3 is 3.12 bits per heavy atom. The molecule has 1 aromatic heterocycles. The van der Waals surface area contributed by atoms with Gasteiger partial charge in [-0.3, -0.25) is 9.78 Å². The summed E-state index contributed by atoms with van der Waals surface area (Å²) in [4.78, 5) is 18.1. The summed E-state index contributed by atoms with van der Waals surface area (Å²) in [7, 11) is 0. The molecule has 0 radical (unpaired) electrons. The molecule has 1 atom stereocenters. The maximum atomic E-state index is 12.2. The average molecular weight is 219 g/mol. The Balaban J connectivity index is 2.16. The number of rotatable bonds is 1. The molecule has 2 rings (SSSR count). The van der Waals surface area contributed by atoms with Gasteiger partial charge in [-0.2, -0.15) is 0 Å². The predicted molar refractivity (Wildman–Crippen MR) is 62.1 cm³/mol. The molecule has 0 spiro atoms. The van der Waals surface area contributed by atoms with Crippen molar-refractivity contribution in [2.75, 3.05) is 13.1 Å². The summed E-state index contributed by atoms with van der Waals surface area (Å²) in [6.45, 7) is 3.35. The first-order valence-corrected chi connectivity index (χ1v) is 5.65. The molecule has 1 amide bonds. The van der Waals surface area contributed by atoms with Crippen molar-refractivity contribution in [3.05, 3.63) is 29.6 Å². The molecule has 1 saturated heterocycles. The number of carbonyl (C=O) groups excluding carboxylic acids is 1. The Hall–Kier alpha value is -1.42. The van der Waals surface area contributed by atoms with E-state index in [1.165, 1.54) is 0 Å². The summed E-state index contributed by atoms with van der Waals surface area (Å²) in [5.41, 5.74) is 7.34. The highest BCUT2D eigenvalue weighted by Gasteiger charge is 2.23. The lowest BCUT2D eigenvalue weighted by molar-refractivity contribution is 0.0702. The van der Waals surface area contributed by atoms with Gasteiger partial charge in [0.25, 0.3) is 5.91 Å². The molecule has 2 heterocycles. The average Bonchev–Trinajstić information content (AvgIpc) is 2.29. The number of hydrogen-bond donors (Lipinski definition) is 1. The Kier molecular flexibility index (Phi) is 3.19. The van der Waals surface area contributed by atoms with Crippen molar-refractivity contribution in [3.8, 4) is 0 Å². The van der Waals surface area contributed by atoms with Gasteiger partial charge >= 0.3 is 0 Å². The number of amides is 1. The lowest BCUT2D eigenvalue weighted by atomic mass is 10.1. The van der Waals surface area contributed by atoms with Gasteiger partial charge in [-0.05, 0) is 31.4 Å². The number of likely N-dealkylation sites (tertiary alicyclic amines) is 1. The van der Waals surface area contributed by atoms with Crippen LogP contribution >= 0.6 is 0 Å². The minimum Gasteiger partial charge on any atom is -0.336 e. The van der Waals surface area contributed by atoms with E-state index in [-0.39, 0.29) is 11.9 Å². The Morgan fingerprint density at radius 2 is 2.44 bits per heavy atom. The van der Waals surface area contributed by atoms with Crippen LogP contribution in [0.2, 0.25) is 0 Å². The van der Waals surface area contributed by atoms with Crippen molar-refractivity contribution in [2.24, 2.45) is 5.73 Å². The molecular formula is C12H17N3O. The zero-order valence-electron chi connectivity index (χ0n) is 9.52. The zero-order chi connectivity index (χ0) is 11.5. The van der Waals surface area contributed by atoms with Crippen LogP contribution < -0.4 is 5.73 Å². The number of hydrogen-bond acceptors (Lipinski definition) is 3. The maximum Gasteiger partial charge on any atom is 0.272 e. The molecule has 0 aliphatic carbocycles. The number of carbonyl (C=O) groups is 1. The lowest BCUT2D eigenvalue weighted by Gasteiger charge is -2.30. The van der Waals surface area contributed by atoms with Crippen LogP contribution in [0.5, 0.6) is 0 Å². The van der Waals surface area contributed by atoms with Crippen LogP contribution in [-0.2, 0) is 0 Å². The number of pyridine rings is 1. The topological polar surface area (TPSA) is 59.2 Å². The minimum atomic E-state index is 0.00764. The van der Waals surface area contributed by atoms with E-state index < -0.39 is 0 Å². The van der Waals surface area contributed by atoms with Crippen molar-refractivity contribution in [2.45, 2.75) is 25.8 Å². The zero-order valence-corrected chi connectivity index (χ0v) is 9.52. The molecule has 0 bridgehead atoms. The van der Waals surface area contributed by atoms with Crippen LogP contribution in [0.15, 0.2) is 18.3 Å². The number of nitrogens with zero attached hydrogens (tertiary/aromatic N) is 2. The van der Waals surface area contributed by atoms with Crippen molar-refractivity contribution in [1.29, 1.82) is 0 Å². The van der Waals surface area contributed by atoms with E-state index in [0.29, 0.717) is 12.2 Å². The minimum absolute atomic E-state index is 0.00764. The monoisotopic (exact) mass is 219 g/mol. The van der Waals surface area contributed by atoms with Crippen LogP contribution in [0, 0.1) is 6.92 Å². The highest BCUT2D eigenvalue weighted by atomic mass is 16.2. The third kappa shape index (κ3) is 2.22. The van der Waals surface area contributed by atoms with E-state index in [1.54, 1.807) is 6.20 Å². The van der Waals surface area contributed by atoms with Gasteiger partial charge in [0.2, 0.25) is 0 Å². The molecule has 4 nitrogen and oxygen atoms in total. The quantitative estimate of drug-likeness (QED) is 0.765. The first-order chi connectivity index (χ1) is 7.68. The standard InChI is InChI=1S/C12H17N3O/c1-9-4-2-6-14-11(9)12(16)15-7-3-5-10(13)8-15/h2,4,6,10H,3,5,7-8,13H2,1H3/t10-/m1/s1. The molecule has 1 aromatic rings. The molecule has 0 aromatic carbocycles. The molecule has 0 saturated carbocycles. The lowest BCUT2D eigenvalue weighted by Crippen LogP contribution is -2.46. The SMILES string of the molecule is Cc1cccnc1C(=O)N1CCC[C@@H](N)C1. The number of aryl methyl sites for hydroxylation is 1. The molecule has 0 unspecified atom stereocenters. The van der Waals surface area contributed by atoms with Gasteiger partial charge in [0.15, 0.2) is 0 Å². The molecule has 16 heavy (non-hydrogen) atoms. The summed E-state index contributed by atoms with van der Waals surface area (Å²) in [6, 6.07) is 3.86. The number of piperidine rings is 1. The summed E-state index contributed by atoms with van der Waals surface area (Å²) in [6.07, 6.45) is 3.65. The second kappa shape index (κ2) is 4.61. The molecule has 86 valence electrons. The third-order valence-corrected chi connectivity index (χ3v) is 2.96. The van der Waals surface area contributed by atoms with E-state index in [0.717, 1.165) is 24.9 Å². The van der Waals surface area contributed by atoms with Gasteiger partial charge in [0, 0.05) is 25.3 Å². The molecular weight excluding hydrogens is 202 g/mol. The normalized spacial score (nSPS) is 20.9. The highest BCUT2D eigenvalue weighted by molar-refractivity contribution is 5.93. The van der Waals surface area contributed by atoms with E-state index in [9.17, 15) is 4.79 Å². The molecule has 1 aliphatic rings. The van der Waals surface area contributed by atoms with Crippen molar-refractivity contribution < 1.29 is 4.79 Å². The summed E-state index contributed by atoms with van der Waals surface area (Å²) in [5, 5.41) is 0. The highest BCUT2D eigenvalue weighted by Crippen LogP contribution is 2.13. The second-order valence-electron chi connectivity index (χ2n) is 4.32. The molecule has 4 heteroatoms. The van der Waals surface area contributed by atoms with Crippen molar-refractivity contribution >= 4 is 5.91 Å². The fraction of sp³-hybridized carbons (Fsp3) is 0.500. The Bertz CT molecular complexity index is 392. The molecule has 1 fully saturated rings. The van der Waals surface area contributed by atoms with E-state index in [1.807, 2.05) is 24.0 Å². The van der Waals surface area contributed by atoms with E-state index in [4.69, 9.17) is 5.73 Å². The predicted octanol–water partition coefficient (Wildman–Crippen LogP) is 0.953. The summed E-state index contributed by atoms with van der Waals surface area (Å²) < 4.78 is 0. The van der Waals surface area contributed by atoms with Gasteiger partial charge in [-0.25, -0.2) is 0 Å². The molecule has 1 aliphatic heterocycles. The number of nitrogens with two attached hydrogens (primary N) is 1. The van der Waals surface area contributed by atoms with Crippen LogP contribution in [0.3, 0.4) is 0 Å². The van der Waals surface area contributed by atoms with Gasteiger partial charge in [0.05, 0.1) is 0 Å². The Morgan fingerprint density at radius 1 is 1.62 bits per heavy atom. The number of aromatic nitrogens is 1. The first-order valence-electron chi connectivity index (χ1n) is 5.65. The van der Waals surface area contributed by atoms with Gasteiger partial charge in [0.1, 0.15) is 5.69 Å². The van der Waals surface area contributed by atoms with Crippen LogP contribution in [0.25, 0.3) is 0 Å². The second-order valence-corrected chi connectivity index (χ2v) is 4.32. The van der Waals surface area contributed by atoms with Gasteiger partial charge in [-0.15, -0.1) is 0 Å². The third-order valence-electron chi connectivity index (χ3n) is 2.96. The molecule has 2 N–H and O–H groups in total. The van der Waals surface area contributed by atoms with E-state index >= 15 is 0 Å². The van der Waals surface area contributed by atoms with E-state index in [2.05, 4.69) is 4.98 Å². The van der Waals surface area contributed by atoms with Crippen molar-refractivity contribution in [3.63, 3.8) is 0 Å². The van der Waals surface area contributed by atoms with Crippen LogP contribution in [0.1, 0.15) is 28.9 Å². The van der Waals surface area contributed by atoms with Gasteiger partial charge < -0.3 is 10.6 Å². The fourth-order valence-electron chi connectivity index (χ4n) is 2.05. The largest absolute Gasteiger partial charge is 0.336 e. The van der Waals surface area contributed by atoms with Crippen LogP contribution in [-0.4, -0.2) is 34.9 Å². The maximum absolute atomic E-state index is 12.2.